The molecule has 2 fully saturated rings. The standard InChI is InChI=1S/C23H24F3N6OP/c1-34(2,33)21-12(9-27)3-6-16-17(10-28-20(16)21)19-18(23(24,25)26)11-29-22(32-19)31-15-7-13-4-5-14(8-15)30-13/h3,6,10-11,13-15,28,30H,4-5,7-8H2,1-2H3,(H,29,31,32)/t13-,14+,15?. The van der Waals surface area contributed by atoms with Crippen LogP contribution in [-0.4, -0.2) is 46.4 Å². The van der Waals surface area contributed by atoms with Gasteiger partial charge in [0.15, 0.2) is 0 Å². The average Bonchev–Trinajstić information content (AvgIpc) is 3.33. The van der Waals surface area contributed by atoms with E-state index in [2.05, 4.69) is 25.6 Å². The fraction of sp³-hybridized carbons (Fsp3) is 0.435. The predicted molar refractivity (Wildman–Crippen MR) is 125 cm³/mol. The van der Waals surface area contributed by atoms with Crippen LogP contribution in [0.5, 0.6) is 0 Å². The highest BCUT2D eigenvalue weighted by molar-refractivity contribution is 7.70. The number of alkyl halides is 3. The minimum absolute atomic E-state index is 0.0853. The van der Waals surface area contributed by atoms with E-state index in [-0.39, 0.29) is 28.8 Å². The Morgan fingerprint density at radius 3 is 2.53 bits per heavy atom. The van der Waals surface area contributed by atoms with E-state index in [1.807, 2.05) is 6.07 Å². The Labute approximate surface area is 194 Å². The number of aromatic nitrogens is 3. The maximum absolute atomic E-state index is 13.9. The largest absolute Gasteiger partial charge is 0.419 e. The van der Waals surface area contributed by atoms with E-state index in [1.165, 1.54) is 25.6 Å². The summed E-state index contributed by atoms with van der Waals surface area (Å²) in [6, 6.07) is 5.99. The van der Waals surface area contributed by atoms with Crippen LogP contribution in [-0.2, 0) is 10.7 Å². The van der Waals surface area contributed by atoms with E-state index in [4.69, 9.17) is 0 Å². The van der Waals surface area contributed by atoms with Crippen LogP contribution < -0.4 is 15.9 Å². The number of rotatable bonds is 4. The van der Waals surface area contributed by atoms with Crippen molar-refractivity contribution in [1.29, 1.82) is 5.26 Å². The maximum atomic E-state index is 13.9. The second-order valence-corrected chi connectivity index (χ2v) is 12.6. The number of benzene rings is 1. The summed E-state index contributed by atoms with van der Waals surface area (Å²) in [7, 11) is -2.91. The first-order chi connectivity index (χ1) is 16.0. The molecular weight excluding hydrogens is 464 g/mol. The minimum Gasteiger partial charge on any atom is -0.360 e. The Bertz CT molecular complexity index is 1340. The molecule has 2 bridgehead atoms. The van der Waals surface area contributed by atoms with Crippen LogP contribution in [0.1, 0.15) is 36.8 Å². The molecule has 0 aliphatic carbocycles. The fourth-order valence-electron chi connectivity index (χ4n) is 5.25. The number of piperidine rings is 1. The smallest absolute Gasteiger partial charge is 0.360 e. The number of H-pyrrole nitrogens is 1. The molecule has 5 rings (SSSR count). The van der Waals surface area contributed by atoms with E-state index in [1.54, 1.807) is 6.07 Å². The molecule has 3 atom stereocenters. The highest BCUT2D eigenvalue weighted by atomic mass is 31.2. The van der Waals surface area contributed by atoms with Gasteiger partial charge in [0.2, 0.25) is 5.95 Å². The van der Waals surface area contributed by atoms with Crippen molar-refractivity contribution in [3.63, 3.8) is 0 Å². The molecular formula is C23H24F3N6OP. The molecule has 0 amide bonds. The van der Waals surface area contributed by atoms with Crippen molar-refractivity contribution in [2.24, 2.45) is 0 Å². The minimum atomic E-state index is -4.66. The summed E-state index contributed by atoms with van der Waals surface area (Å²) in [4.78, 5) is 11.3. The second kappa shape index (κ2) is 8.10. The van der Waals surface area contributed by atoms with E-state index in [9.17, 15) is 23.0 Å². The number of nitriles is 1. The monoisotopic (exact) mass is 488 g/mol. The second-order valence-electron chi connectivity index (χ2n) is 9.45. The molecule has 0 saturated carbocycles. The molecule has 1 aromatic carbocycles. The highest BCUT2D eigenvalue weighted by Crippen LogP contribution is 2.43. The molecule has 2 aliphatic rings. The topological polar surface area (TPSA) is 106 Å². The van der Waals surface area contributed by atoms with Gasteiger partial charge in [-0.2, -0.15) is 18.4 Å². The molecule has 3 aromatic rings. The van der Waals surface area contributed by atoms with E-state index in [0.29, 0.717) is 28.3 Å². The zero-order valence-electron chi connectivity index (χ0n) is 18.7. The summed E-state index contributed by atoms with van der Waals surface area (Å²) in [5.41, 5.74) is -0.371. The van der Waals surface area contributed by atoms with Gasteiger partial charge in [-0.15, -0.1) is 0 Å². The lowest BCUT2D eigenvalue weighted by Crippen LogP contribution is -2.43. The first-order valence-electron chi connectivity index (χ1n) is 11.1. The Morgan fingerprint density at radius 2 is 1.91 bits per heavy atom. The van der Waals surface area contributed by atoms with Gasteiger partial charge >= 0.3 is 6.18 Å². The molecule has 2 saturated heterocycles. The van der Waals surface area contributed by atoms with Crippen molar-refractivity contribution in [2.45, 2.75) is 50.0 Å². The normalized spacial score (nSPS) is 22.6. The van der Waals surface area contributed by atoms with Crippen LogP contribution in [0.2, 0.25) is 0 Å². The Kier molecular flexibility index (Phi) is 5.45. The van der Waals surface area contributed by atoms with E-state index >= 15 is 0 Å². The lowest BCUT2D eigenvalue weighted by Gasteiger charge is -2.29. The predicted octanol–water partition coefficient (Wildman–Crippen LogP) is 4.46. The number of fused-ring (bicyclic) bond motifs is 3. The third kappa shape index (κ3) is 4.08. The van der Waals surface area contributed by atoms with Crippen molar-refractivity contribution < 1.29 is 17.7 Å². The molecule has 178 valence electrons. The molecule has 34 heavy (non-hydrogen) atoms. The van der Waals surface area contributed by atoms with Crippen molar-refractivity contribution in [2.75, 3.05) is 18.6 Å². The Hall–Kier alpha value is -2.89. The summed E-state index contributed by atoms with van der Waals surface area (Å²) >= 11 is 0. The first kappa shape index (κ1) is 22.9. The van der Waals surface area contributed by atoms with Gasteiger partial charge in [0, 0.05) is 41.5 Å². The maximum Gasteiger partial charge on any atom is 0.419 e. The van der Waals surface area contributed by atoms with E-state index in [0.717, 1.165) is 31.9 Å². The highest BCUT2D eigenvalue weighted by Gasteiger charge is 2.37. The van der Waals surface area contributed by atoms with Crippen LogP contribution in [0.25, 0.3) is 22.2 Å². The SMILES string of the molecule is CP(C)(=O)c1c(C#N)ccc2c(-c3nc(NC4C[C@H]5CC[C@@H](C4)N5)ncc3C(F)(F)F)c[nH]c12. The van der Waals surface area contributed by atoms with Crippen molar-refractivity contribution in [1.82, 2.24) is 20.3 Å². The lowest BCUT2D eigenvalue weighted by molar-refractivity contribution is -0.137. The van der Waals surface area contributed by atoms with Crippen LogP contribution in [0, 0.1) is 11.3 Å². The zero-order valence-corrected chi connectivity index (χ0v) is 19.6. The Morgan fingerprint density at radius 1 is 1.21 bits per heavy atom. The number of halogens is 3. The van der Waals surface area contributed by atoms with Crippen LogP contribution in [0.3, 0.4) is 0 Å². The molecule has 1 unspecified atom stereocenters. The zero-order chi connectivity index (χ0) is 24.3. The summed E-state index contributed by atoms with van der Waals surface area (Å²) in [6.07, 6.45) is 1.51. The molecule has 0 spiro atoms. The quantitative estimate of drug-likeness (QED) is 0.469. The van der Waals surface area contributed by atoms with Crippen LogP contribution in [0.4, 0.5) is 19.1 Å². The molecule has 3 N–H and O–H groups in total. The van der Waals surface area contributed by atoms with Crippen LogP contribution >= 0.6 is 7.14 Å². The van der Waals surface area contributed by atoms with Gasteiger partial charge in [0.25, 0.3) is 0 Å². The molecule has 4 heterocycles. The summed E-state index contributed by atoms with van der Waals surface area (Å²) in [5.74, 6) is 0.147. The van der Waals surface area contributed by atoms with Gasteiger partial charge in [0.05, 0.1) is 28.1 Å². The number of aromatic amines is 1. The molecule has 7 nitrogen and oxygen atoms in total. The first-order valence-corrected chi connectivity index (χ1v) is 13.7. The lowest BCUT2D eigenvalue weighted by atomic mass is 10.00. The number of hydrogen-bond donors (Lipinski definition) is 3. The molecule has 0 radical (unpaired) electrons. The third-order valence-electron chi connectivity index (χ3n) is 6.64. The summed E-state index contributed by atoms with van der Waals surface area (Å²) in [5, 5.41) is 17.0. The van der Waals surface area contributed by atoms with Crippen molar-refractivity contribution in [3.05, 3.63) is 35.7 Å². The summed E-state index contributed by atoms with van der Waals surface area (Å²) < 4.78 is 54.7. The van der Waals surface area contributed by atoms with Crippen LogP contribution in [0.15, 0.2) is 24.5 Å². The molecule has 2 aromatic heterocycles. The van der Waals surface area contributed by atoms with Gasteiger partial charge in [-0.05, 0) is 45.1 Å². The Balaban J connectivity index is 1.61. The number of nitrogens with one attached hydrogen (secondary N) is 3. The molecule has 11 heteroatoms. The molecule has 2 aliphatic heterocycles. The van der Waals surface area contributed by atoms with Gasteiger partial charge in [-0.3, -0.25) is 0 Å². The number of nitrogens with zero attached hydrogens (tertiary/aromatic N) is 3. The van der Waals surface area contributed by atoms with Gasteiger partial charge < -0.3 is 20.2 Å². The third-order valence-corrected chi connectivity index (χ3v) is 8.18. The fourth-order valence-corrected chi connectivity index (χ4v) is 6.68. The van der Waals surface area contributed by atoms with Crippen molar-refractivity contribution in [3.8, 4) is 17.3 Å². The van der Waals surface area contributed by atoms with Gasteiger partial charge in [-0.1, -0.05) is 6.07 Å². The number of hydrogen-bond acceptors (Lipinski definition) is 6. The summed E-state index contributed by atoms with van der Waals surface area (Å²) in [6.45, 7) is 3.06. The number of anilines is 1. The van der Waals surface area contributed by atoms with Gasteiger partial charge in [0.1, 0.15) is 12.7 Å². The van der Waals surface area contributed by atoms with Crippen molar-refractivity contribution >= 4 is 29.3 Å². The average molecular weight is 488 g/mol. The van der Waals surface area contributed by atoms with E-state index < -0.39 is 18.9 Å². The van der Waals surface area contributed by atoms with Gasteiger partial charge in [-0.25, -0.2) is 9.97 Å².